The molecule has 1 amide bonds. The van der Waals surface area contributed by atoms with E-state index in [1.54, 1.807) is 0 Å². The molecule has 1 rings (SSSR count). The van der Waals surface area contributed by atoms with Crippen molar-refractivity contribution in [1.82, 2.24) is 5.32 Å². The van der Waals surface area contributed by atoms with E-state index in [1.807, 2.05) is 0 Å². The van der Waals surface area contributed by atoms with E-state index in [4.69, 9.17) is 10.8 Å². The monoisotopic (exact) mass is 306 g/mol. The summed E-state index contributed by atoms with van der Waals surface area (Å²) >= 11 is 0. The fraction of sp³-hybridized carbons (Fsp3) is 0.857. The third-order valence-corrected chi connectivity index (χ3v) is 3.92. The first-order chi connectivity index (χ1) is 9.15. The molecule has 0 radical (unpaired) electrons. The summed E-state index contributed by atoms with van der Waals surface area (Å²) in [5, 5.41) is 11.5. The molecule has 6 heteroatoms. The number of carboxylic acid groups (broad SMARTS) is 1. The molecule has 0 heterocycles. The number of nitrogens with one attached hydrogen (secondary N) is 1. The van der Waals surface area contributed by atoms with Gasteiger partial charge in [-0.3, -0.25) is 9.59 Å². The molecule has 2 atom stereocenters. The molecule has 0 spiro atoms. The molecule has 1 aliphatic rings. The highest BCUT2D eigenvalue weighted by atomic mass is 35.5. The molecule has 2 unspecified atom stereocenters. The zero-order valence-corrected chi connectivity index (χ0v) is 12.8. The van der Waals surface area contributed by atoms with Gasteiger partial charge in [0.05, 0.1) is 0 Å². The predicted octanol–water partition coefficient (Wildman–Crippen LogP) is 1.93. The molecule has 0 aromatic rings. The average Bonchev–Trinajstić information content (AvgIpc) is 2.42. The smallest absolute Gasteiger partial charge is 0.303 e. The van der Waals surface area contributed by atoms with Gasteiger partial charge in [0.15, 0.2) is 0 Å². The van der Waals surface area contributed by atoms with E-state index >= 15 is 0 Å². The molecule has 1 saturated carbocycles. The van der Waals surface area contributed by atoms with Gasteiger partial charge in [0, 0.05) is 18.9 Å². The maximum Gasteiger partial charge on any atom is 0.303 e. The summed E-state index contributed by atoms with van der Waals surface area (Å²) in [5.41, 5.74) is 5.72. The van der Waals surface area contributed by atoms with Gasteiger partial charge in [-0.25, -0.2) is 0 Å². The van der Waals surface area contributed by atoms with Crippen LogP contribution in [0.4, 0.5) is 0 Å². The van der Waals surface area contributed by atoms with Gasteiger partial charge >= 0.3 is 5.97 Å². The van der Waals surface area contributed by atoms with Crippen LogP contribution < -0.4 is 11.1 Å². The van der Waals surface area contributed by atoms with Crippen LogP contribution in [0.3, 0.4) is 0 Å². The Labute approximate surface area is 127 Å². The predicted molar refractivity (Wildman–Crippen MR) is 80.9 cm³/mol. The summed E-state index contributed by atoms with van der Waals surface area (Å²) in [6, 6.07) is 0. The Morgan fingerprint density at radius 3 is 2.50 bits per heavy atom. The Morgan fingerprint density at radius 1 is 1.15 bits per heavy atom. The molecule has 5 nitrogen and oxygen atoms in total. The lowest BCUT2D eigenvalue weighted by Gasteiger charge is -2.29. The van der Waals surface area contributed by atoms with Crippen molar-refractivity contribution in [3.63, 3.8) is 0 Å². The lowest BCUT2D eigenvalue weighted by atomic mass is 9.79. The van der Waals surface area contributed by atoms with Crippen molar-refractivity contribution in [2.75, 3.05) is 13.1 Å². The second kappa shape index (κ2) is 10.9. The number of rotatable bonds is 8. The van der Waals surface area contributed by atoms with Gasteiger partial charge in [0.1, 0.15) is 0 Å². The van der Waals surface area contributed by atoms with Crippen LogP contribution in [0, 0.1) is 11.8 Å². The Kier molecular flexibility index (Phi) is 10.5. The molecule has 4 N–H and O–H groups in total. The summed E-state index contributed by atoms with van der Waals surface area (Å²) in [4.78, 5) is 22.4. The standard InChI is InChI=1S/C14H26N2O3.ClH/c15-10-11-6-3-4-7-12(11)14(19)16-9-5-1-2-8-13(17)18;/h11-12H,1-10,15H2,(H,16,19)(H,17,18);1H. The Bertz CT molecular complexity index is 300. The minimum Gasteiger partial charge on any atom is -0.481 e. The number of hydrogen-bond acceptors (Lipinski definition) is 3. The Balaban J connectivity index is 0.00000361. The maximum absolute atomic E-state index is 12.0. The fourth-order valence-corrected chi connectivity index (χ4v) is 2.76. The topological polar surface area (TPSA) is 92.4 Å². The molecule has 0 aliphatic heterocycles. The highest BCUT2D eigenvalue weighted by molar-refractivity contribution is 5.85. The summed E-state index contributed by atoms with van der Waals surface area (Å²) in [6.07, 6.45) is 6.90. The van der Waals surface area contributed by atoms with Crippen molar-refractivity contribution in [3.8, 4) is 0 Å². The quantitative estimate of drug-likeness (QED) is 0.597. The highest BCUT2D eigenvalue weighted by Gasteiger charge is 2.29. The lowest BCUT2D eigenvalue weighted by molar-refractivity contribution is -0.137. The second-order valence-electron chi connectivity index (χ2n) is 5.38. The lowest BCUT2D eigenvalue weighted by Crippen LogP contribution is -2.39. The van der Waals surface area contributed by atoms with E-state index < -0.39 is 5.97 Å². The van der Waals surface area contributed by atoms with Gasteiger partial charge in [-0.15, -0.1) is 12.4 Å². The highest BCUT2D eigenvalue weighted by Crippen LogP contribution is 2.29. The van der Waals surface area contributed by atoms with E-state index in [0.29, 0.717) is 25.4 Å². The third kappa shape index (κ3) is 7.10. The van der Waals surface area contributed by atoms with Crippen molar-refractivity contribution in [3.05, 3.63) is 0 Å². The Hall–Kier alpha value is -0.810. The van der Waals surface area contributed by atoms with Gasteiger partial charge in [0.25, 0.3) is 0 Å². The fourth-order valence-electron chi connectivity index (χ4n) is 2.76. The van der Waals surface area contributed by atoms with Gasteiger partial charge in [-0.2, -0.15) is 0 Å². The minimum absolute atomic E-state index is 0. The first-order valence-electron chi connectivity index (χ1n) is 7.34. The number of halogens is 1. The van der Waals surface area contributed by atoms with Crippen LogP contribution in [0.2, 0.25) is 0 Å². The molecule has 0 aromatic heterocycles. The Morgan fingerprint density at radius 2 is 1.85 bits per heavy atom. The number of amides is 1. The van der Waals surface area contributed by atoms with Crippen molar-refractivity contribution < 1.29 is 14.7 Å². The summed E-state index contributed by atoms with van der Waals surface area (Å²) in [7, 11) is 0. The SMILES string of the molecule is Cl.NCC1CCCCC1C(=O)NCCCCCC(=O)O. The minimum atomic E-state index is -0.753. The summed E-state index contributed by atoms with van der Waals surface area (Å²) in [6.45, 7) is 1.24. The summed E-state index contributed by atoms with van der Waals surface area (Å²) in [5.74, 6) is -0.205. The molecule has 0 saturated heterocycles. The number of aliphatic carboxylic acids is 1. The van der Waals surface area contributed by atoms with Gasteiger partial charge in [-0.05, 0) is 38.1 Å². The average molecular weight is 307 g/mol. The van der Waals surface area contributed by atoms with Gasteiger partial charge < -0.3 is 16.2 Å². The van der Waals surface area contributed by atoms with Crippen molar-refractivity contribution >= 4 is 24.3 Å². The maximum atomic E-state index is 12.0. The molecule has 0 bridgehead atoms. The molecule has 1 fully saturated rings. The number of unbranched alkanes of at least 4 members (excludes halogenated alkanes) is 2. The molecular weight excluding hydrogens is 280 g/mol. The normalized spacial score (nSPS) is 21.9. The van der Waals surface area contributed by atoms with Gasteiger partial charge in [-0.1, -0.05) is 19.3 Å². The summed E-state index contributed by atoms with van der Waals surface area (Å²) < 4.78 is 0. The molecule has 1 aliphatic carbocycles. The first kappa shape index (κ1) is 19.2. The van der Waals surface area contributed by atoms with Crippen LogP contribution >= 0.6 is 12.4 Å². The number of carbonyl (C=O) groups is 2. The van der Waals surface area contributed by atoms with Gasteiger partial charge in [0.2, 0.25) is 5.91 Å². The second-order valence-corrected chi connectivity index (χ2v) is 5.38. The molecule has 0 aromatic carbocycles. The number of carboxylic acids is 1. The first-order valence-corrected chi connectivity index (χ1v) is 7.34. The molecular formula is C14H27ClN2O3. The number of carbonyl (C=O) groups excluding carboxylic acids is 1. The van der Waals surface area contributed by atoms with Crippen LogP contribution in [0.5, 0.6) is 0 Å². The number of nitrogens with two attached hydrogens (primary N) is 1. The van der Waals surface area contributed by atoms with E-state index in [9.17, 15) is 9.59 Å². The van der Waals surface area contributed by atoms with Crippen molar-refractivity contribution in [2.24, 2.45) is 17.6 Å². The van der Waals surface area contributed by atoms with Crippen LogP contribution in [0.1, 0.15) is 51.4 Å². The van der Waals surface area contributed by atoms with Crippen molar-refractivity contribution in [1.29, 1.82) is 0 Å². The number of hydrogen-bond donors (Lipinski definition) is 3. The zero-order valence-electron chi connectivity index (χ0n) is 12.0. The van der Waals surface area contributed by atoms with E-state index in [-0.39, 0.29) is 30.7 Å². The van der Waals surface area contributed by atoms with Crippen LogP contribution in [-0.2, 0) is 9.59 Å². The largest absolute Gasteiger partial charge is 0.481 e. The zero-order chi connectivity index (χ0) is 14.1. The van der Waals surface area contributed by atoms with E-state index in [0.717, 1.165) is 32.1 Å². The molecule has 20 heavy (non-hydrogen) atoms. The molecule has 118 valence electrons. The van der Waals surface area contributed by atoms with E-state index in [2.05, 4.69) is 5.32 Å². The van der Waals surface area contributed by atoms with Crippen LogP contribution in [0.15, 0.2) is 0 Å². The van der Waals surface area contributed by atoms with Crippen molar-refractivity contribution in [2.45, 2.75) is 51.4 Å². The third-order valence-electron chi connectivity index (χ3n) is 3.92. The van der Waals surface area contributed by atoms with E-state index in [1.165, 1.54) is 6.42 Å². The van der Waals surface area contributed by atoms with Crippen LogP contribution in [0.25, 0.3) is 0 Å². The van der Waals surface area contributed by atoms with Crippen LogP contribution in [-0.4, -0.2) is 30.1 Å².